The van der Waals surface area contributed by atoms with Crippen molar-refractivity contribution in [3.8, 4) is 5.69 Å². The van der Waals surface area contributed by atoms with E-state index in [0.29, 0.717) is 37.1 Å². The Bertz CT molecular complexity index is 1390. The number of piperazine rings is 1. The Morgan fingerprint density at radius 3 is 2.44 bits per heavy atom. The van der Waals surface area contributed by atoms with Crippen molar-refractivity contribution in [2.45, 2.75) is 18.8 Å². The standard InChI is InChI=1S/C25H22ClFN6O/c26-19-6-2-4-8-21(19)33-24-18(15-28-33)23(29-22(30-24)16-9-10-16)31-11-13-32(14-12-31)25(34)17-5-1-3-7-20(17)27/h1-8,15-16H,9-14H2. The summed E-state index contributed by atoms with van der Waals surface area (Å²) in [4.78, 5) is 26.5. The lowest BCUT2D eigenvalue weighted by Gasteiger charge is -2.35. The molecule has 34 heavy (non-hydrogen) atoms. The molecule has 172 valence electrons. The van der Waals surface area contributed by atoms with E-state index in [0.717, 1.165) is 41.2 Å². The highest BCUT2D eigenvalue weighted by Crippen LogP contribution is 2.40. The van der Waals surface area contributed by atoms with Crippen molar-refractivity contribution in [1.82, 2.24) is 24.6 Å². The summed E-state index contributed by atoms with van der Waals surface area (Å²) in [5.74, 6) is 1.23. The molecular weight excluding hydrogens is 455 g/mol. The molecule has 1 amide bonds. The van der Waals surface area contributed by atoms with E-state index in [1.165, 1.54) is 12.1 Å². The third-order valence-electron chi connectivity index (χ3n) is 6.42. The molecule has 2 aromatic carbocycles. The predicted molar refractivity (Wildman–Crippen MR) is 128 cm³/mol. The van der Waals surface area contributed by atoms with Crippen LogP contribution in [0.1, 0.15) is 34.9 Å². The number of fused-ring (bicyclic) bond motifs is 1. The molecule has 3 heterocycles. The Morgan fingerprint density at radius 2 is 1.71 bits per heavy atom. The second-order valence-corrected chi connectivity index (χ2v) is 9.09. The average molecular weight is 477 g/mol. The molecule has 0 radical (unpaired) electrons. The Labute approximate surface area is 200 Å². The summed E-state index contributed by atoms with van der Waals surface area (Å²) in [7, 11) is 0. The zero-order valence-corrected chi connectivity index (χ0v) is 19.1. The summed E-state index contributed by atoms with van der Waals surface area (Å²) in [6, 6.07) is 13.7. The largest absolute Gasteiger partial charge is 0.352 e. The van der Waals surface area contributed by atoms with Crippen LogP contribution in [0, 0.1) is 5.82 Å². The molecule has 4 aromatic rings. The van der Waals surface area contributed by atoms with Gasteiger partial charge in [-0.25, -0.2) is 19.0 Å². The van der Waals surface area contributed by atoms with E-state index in [4.69, 9.17) is 21.6 Å². The number of para-hydroxylation sites is 1. The Balaban J connectivity index is 1.32. The monoisotopic (exact) mass is 476 g/mol. The summed E-state index contributed by atoms with van der Waals surface area (Å²) < 4.78 is 15.9. The minimum Gasteiger partial charge on any atom is -0.352 e. The van der Waals surface area contributed by atoms with Crippen molar-refractivity contribution >= 4 is 34.4 Å². The van der Waals surface area contributed by atoms with Crippen molar-refractivity contribution in [2.24, 2.45) is 0 Å². The first-order chi connectivity index (χ1) is 16.6. The van der Waals surface area contributed by atoms with Crippen molar-refractivity contribution in [2.75, 3.05) is 31.1 Å². The lowest BCUT2D eigenvalue weighted by molar-refractivity contribution is 0.0742. The summed E-state index contributed by atoms with van der Waals surface area (Å²) in [6.07, 6.45) is 3.94. The van der Waals surface area contributed by atoms with Crippen molar-refractivity contribution in [3.63, 3.8) is 0 Å². The molecule has 2 aliphatic rings. The minimum absolute atomic E-state index is 0.109. The zero-order valence-electron chi connectivity index (χ0n) is 18.4. The van der Waals surface area contributed by atoms with Crippen LogP contribution in [0.2, 0.25) is 5.02 Å². The van der Waals surface area contributed by atoms with Crippen LogP contribution in [0.4, 0.5) is 10.2 Å². The smallest absolute Gasteiger partial charge is 0.256 e. The first kappa shape index (κ1) is 21.0. The normalized spacial score (nSPS) is 16.3. The van der Waals surface area contributed by atoms with Crippen LogP contribution in [-0.2, 0) is 0 Å². The van der Waals surface area contributed by atoms with Crippen molar-refractivity contribution < 1.29 is 9.18 Å². The summed E-state index contributed by atoms with van der Waals surface area (Å²) in [5.41, 5.74) is 1.60. The van der Waals surface area contributed by atoms with Gasteiger partial charge in [0.1, 0.15) is 17.5 Å². The number of hydrogen-bond acceptors (Lipinski definition) is 5. The van der Waals surface area contributed by atoms with E-state index in [1.807, 2.05) is 24.3 Å². The van der Waals surface area contributed by atoms with Crippen LogP contribution in [0.5, 0.6) is 0 Å². The molecular formula is C25H22ClFN6O. The highest BCUT2D eigenvalue weighted by atomic mass is 35.5. The molecule has 0 unspecified atom stereocenters. The molecule has 0 atom stereocenters. The number of amides is 1. The van der Waals surface area contributed by atoms with Crippen LogP contribution >= 0.6 is 11.6 Å². The van der Waals surface area contributed by atoms with Gasteiger partial charge in [-0.2, -0.15) is 5.10 Å². The molecule has 1 aliphatic heterocycles. The number of nitrogens with zero attached hydrogens (tertiary/aromatic N) is 6. The number of carbonyl (C=O) groups excluding carboxylic acids is 1. The fraction of sp³-hybridized carbons (Fsp3) is 0.280. The van der Waals surface area contributed by atoms with E-state index in [-0.39, 0.29) is 11.5 Å². The molecule has 2 aromatic heterocycles. The van der Waals surface area contributed by atoms with E-state index in [9.17, 15) is 9.18 Å². The average Bonchev–Trinajstić information content (AvgIpc) is 3.63. The maximum atomic E-state index is 14.1. The van der Waals surface area contributed by atoms with Gasteiger partial charge in [0.25, 0.3) is 5.91 Å². The zero-order chi connectivity index (χ0) is 23.2. The lowest BCUT2D eigenvalue weighted by atomic mass is 10.1. The van der Waals surface area contributed by atoms with Gasteiger partial charge in [0.05, 0.1) is 27.9 Å². The molecule has 1 saturated carbocycles. The summed E-state index contributed by atoms with van der Waals surface area (Å²) >= 11 is 6.45. The van der Waals surface area contributed by atoms with Gasteiger partial charge in [-0.15, -0.1) is 0 Å². The molecule has 7 nitrogen and oxygen atoms in total. The number of rotatable bonds is 4. The molecule has 9 heteroatoms. The molecule has 2 fully saturated rings. The minimum atomic E-state index is -0.492. The van der Waals surface area contributed by atoms with Crippen LogP contribution in [-0.4, -0.2) is 56.7 Å². The maximum absolute atomic E-state index is 14.1. The van der Waals surface area contributed by atoms with E-state index in [1.54, 1.807) is 27.9 Å². The van der Waals surface area contributed by atoms with Gasteiger partial charge in [-0.1, -0.05) is 35.9 Å². The maximum Gasteiger partial charge on any atom is 0.256 e. The van der Waals surface area contributed by atoms with Gasteiger partial charge >= 0.3 is 0 Å². The lowest BCUT2D eigenvalue weighted by Crippen LogP contribution is -2.49. The highest BCUT2D eigenvalue weighted by Gasteiger charge is 2.31. The van der Waals surface area contributed by atoms with Crippen molar-refractivity contribution in [3.05, 3.63) is 77.0 Å². The number of halogens is 2. The fourth-order valence-electron chi connectivity index (χ4n) is 4.40. The van der Waals surface area contributed by atoms with E-state index >= 15 is 0 Å². The van der Waals surface area contributed by atoms with Crippen LogP contribution in [0.15, 0.2) is 54.7 Å². The Kier molecular flexibility index (Phi) is 5.17. The SMILES string of the molecule is O=C(c1ccccc1F)N1CCN(c2nc(C3CC3)nc3c2cnn3-c2ccccc2Cl)CC1. The quantitative estimate of drug-likeness (QED) is 0.435. The molecule has 0 bridgehead atoms. The van der Waals surface area contributed by atoms with Gasteiger partial charge in [-0.3, -0.25) is 4.79 Å². The summed E-state index contributed by atoms with van der Waals surface area (Å²) in [5, 5.41) is 6.04. The van der Waals surface area contributed by atoms with Crippen LogP contribution in [0.3, 0.4) is 0 Å². The molecule has 6 rings (SSSR count). The molecule has 0 spiro atoms. The van der Waals surface area contributed by atoms with Crippen molar-refractivity contribution in [1.29, 1.82) is 0 Å². The Morgan fingerprint density at radius 1 is 0.971 bits per heavy atom. The number of hydrogen-bond donors (Lipinski definition) is 0. The van der Waals surface area contributed by atoms with Gasteiger partial charge in [0, 0.05) is 32.1 Å². The second kappa shape index (κ2) is 8.36. The fourth-order valence-corrected chi connectivity index (χ4v) is 4.62. The molecule has 1 saturated heterocycles. The third-order valence-corrected chi connectivity index (χ3v) is 6.74. The topological polar surface area (TPSA) is 67.2 Å². The van der Waals surface area contributed by atoms with Crippen LogP contribution < -0.4 is 4.90 Å². The summed E-state index contributed by atoms with van der Waals surface area (Å²) in [6.45, 7) is 2.15. The number of aromatic nitrogens is 4. The van der Waals surface area contributed by atoms with Gasteiger partial charge < -0.3 is 9.80 Å². The third kappa shape index (κ3) is 3.68. The number of benzene rings is 2. The number of anilines is 1. The second-order valence-electron chi connectivity index (χ2n) is 8.68. The molecule has 1 aliphatic carbocycles. The first-order valence-electron chi connectivity index (χ1n) is 11.4. The molecule has 0 N–H and O–H groups in total. The Hall–Kier alpha value is -3.52. The van der Waals surface area contributed by atoms with Gasteiger partial charge in [-0.05, 0) is 37.1 Å². The number of carbonyl (C=O) groups is 1. The van der Waals surface area contributed by atoms with Gasteiger partial charge in [0.15, 0.2) is 5.65 Å². The predicted octanol–water partition coefficient (Wildman–Crippen LogP) is 4.45. The van der Waals surface area contributed by atoms with E-state index < -0.39 is 5.82 Å². The van der Waals surface area contributed by atoms with Gasteiger partial charge in [0.2, 0.25) is 0 Å². The highest BCUT2D eigenvalue weighted by molar-refractivity contribution is 6.32. The first-order valence-corrected chi connectivity index (χ1v) is 11.8. The van der Waals surface area contributed by atoms with E-state index in [2.05, 4.69) is 10.00 Å². The van der Waals surface area contributed by atoms with Crippen LogP contribution in [0.25, 0.3) is 16.7 Å².